The molecule has 0 aromatic rings. The fourth-order valence-corrected chi connectivity index (χ4v) is 3.08. The first-order chi connectivity index (χ1) is 15.8. The lowest BCUT2D eigenvalue weighted by Crippen LogP contribution is -2.41. The van der Waals surface area contributed by atoms with E-state index in [1.807, 2.05) is 27.7 Å². The molecule has 0 radical (unpaired) electrons. The van der Waals surface area contributed by atoms with Gasteiger partial charge in [-0.05, 0) is 25.7 Å². The van der Waals surface area contributed by atoms with E-state index in [1.165, 1.54) is 6.92 Å². The average molecular weight is 473 g/mol. The molecule has 192 valence electrons. The topological polar surface area (TPSA) is 105 Å². The van der Waals surface area contributed by atoms with Crippen LogP contribution in [0.25, 0.3) is 0 Å². The first kappa shape index (κ1) is 30.9. The van der Waals surface area contributed by atoms with Crippen LogP contribution in [0.2, 0.25) is 0 Å². The van der Waals surface area contributed by atoms with Crippen LogP contribution in [0.5, 0.6) is 0 Å². The van der Waals surface area contributed by atoms with E-state index in [4.69, 9.17) is 18.9 Å². The summed E-state index contributed by atoms with van der Waals surface area (Å²) >= 11 is 0. The van der Waals surface area contributed by atoms with Crippen LogP contribution in [0.1, 0.15) is 92.4 Å². The zero-order valence-corrected chi connectivity index (χ0v) is 21.2. The van der Waals surface area contributed by atoms with Crippen LogP contribution in [-0.4, -0.2) is 50.3 Å². The maximum Gasteiger partial charge on any atom is 0.310 e. The Morgan fingerprint density at radius 1 is 0.576 bits per heavy atom. The number of rotatable bonds is 19. The van der Waals surface area contributed by atoms with Gasteiger partial charge in [0.2, 0.25) is 0 Å². The van der Waals surface area contributed by atoms with Crippen molar-refractivity contribution >= 4 is 23.9 Å². The first-order valence-corrected chi connectivity index (χ1v) is 12.5. The molecule has 3 unspecified atom stereocenters. The molecule has 0 aliphatic heterocycles. The monoisotopic (exact) mass is 472 g/mol. The molecule has 0 aliphatic rings. The molecule has 0 aromatic heterocycles. The van der Waals surface area contributed by atoms with Crippen LogP contribution in [0.4, 0.5) is 0 Å². The number of ether oxygens (including phenoxy) is 4. The lowest BCUT2D eigenvalue weighted by Gasteiger charge is -2.27. The second-order valence-corrected chi connectivity index (χ2v) is 8.26. The Bertz CT molecular complexity index is 575. The van der Waals surface area contributed by atoms with Gasteiger partial charge in [-0.15, -0.1) is 0 Å². The van der Waals surface area contributed by atoms with Crippen molar-refractivity contribution < 1.29 is 38.1 Å². The Labute approximate surface area is 199 Å². The third kappa shape index (κ3) is 13.2. The zero-order chi connectivity index (χ0) is 25.1. The summed E-state index contributed by atoms with van der Waals surface area (Å²) in [6, 6.07) is 0. The lowest BCUT2D eigenvalue weighted by atomic mass is 9.80. The highest BCUT2D eigenvalue weighted by atomic mass is 16.6. The number of carbonyl (C=O) groups excluding carboxylic acids is 4. The minimum absolute atomic E-state index is 0.169. The Hall–Kier alpha value is -2.12. The summed E-state index contributed by atoms with van der Waals surface area (Å²) in [5, 5.41) is 0. The van der Waals surface area contributed by atoms with E-state index in [9.17, 15) is 19.2 Å². The first-order valence-electron chi connectivity index (χ1n) is 12.5. The SMILES string of the molecule is CCCCOC(=O)CC(C(=O)OCCCC)C(C(=O)OCCCC)C(C)C(=O)OCCCC. The predicted octanol–water partition coefficient (Wildman–Crippen LogP) is 4.62. The van der Waals surface area contributed by atoms with Gasteiger partial charge in [0.25, 0.3) is 0 Å². The van der Waals surface area contributed by atoms with E-state index in [-0.39, 0.29) is 32.8 Å². The highest BCUT2D eigenvalue weighted by Gasteiger charge is 2.44. The normalized spacial score (nSPS) is 13.5. The van der Waals surface area contributed by atoms with Gasteiger partial charge >= 0.3 is 23.9 Å². The standard InChI is InChI=1S/C25H44O8/c1-6-10-14-30-21(26)18-20(24(28)32-16-12-8-3)22(25(29)33-17-13-9-4)19(5)23(27)31-15-11-7-2/h19-20,22H,6-18H2,1-5H3. The number of unbranched alkanes of at least 4 members (excludes halogenated alkanes) is 4. The van der Waals surface area contributed by atoms with Crippen LogP contribution in [-0.2, 0) is 38.1 Å². The van der Waals surface area contributed by atoms with Crippen LogP contribution in [0.15, 0.2) is 0 Å². The quantitative estimate of drug-likeness (QED) is 0.152. The van der Waals surface area contributed by atoms with E-state index >= 15 is 0 Å². The summed E-state index contributed by atoms with van der Waals surface area (Å²) in [7, 11) is 0. The molecule has 0 rings (SSSR count). The minimum atomic E-state index is -1.20. The molecule has 0 saturated heterocycles. The lowest BCUT2D eigenvalue weighted by molar-refractivity contribution is -0.171. The average Bonchev–Trinajstić information content (AvgIpc) is 2.79. The molecule has 0 saturated carbocycles. The molecular formula is C25H44O8. The van der Waals surface area contributed by atoms with Gasteiger partial charge in [-0.25, -0.2) is 0 Å². The molecule has 0 fully saturated rings. The fourth-order valence-electron chi connectivity index (χ4n) is 3.08. The minimum Gasteiger partial charge on any atom is -0.466 e. The third-order valence-corrected chi connectivity index (χ3v) is 5.29. The summed E-state index contributed by atoms with van der Waals surface area (Å²) in [6.45, 7) is 10.2. The van der Waals surface area contributed by atoms with Crippen LogP contribution in [0, 0.1) is 17.8 Å². The fraction of sp³-hybridized carbons (Fsp3) is 0.840. The summed E-state index contributed by atoms with van der Waals surface area (Å²) in [5.41, 5.74) is 0. The third-order valence-electron chi connectivity index (χ3n) is 5.29. The number of hydrogen-bond acceptors (Lipinski definition) is 8. The van der Waals surface area contributed by atoms with Gasteiger partial charge in [0, 0.05) is 0 Å². The molecule has 33 heavy (non-hydrogen) atoms. The maximum absolute atomic E-state index is 13.0. The molecule has 0 heterocycles. The van der Waals surface area contributed by atoms with E-state index in [0.717, 1.165) is 25.7 Å². The van der Waals surface area contributed by atoms with Crippen molar-refractivity contribution in [2.75, 3.05) is 26.4 Å². The Morgan fingerprint density at radius 2 is 0.970 bits per heavy atom. The van der Waals surface area contributed by atoms with Crippen molar-refractivity contribution in [3.8, 4) is 0 Å². The number of carbonyl (C=O) groups is 4. The van der Waals surface area contributed by atoms with Crippen LogP contribution >= 0.6 is 0 Å². The summed E-state index contributed by atoms with van der Waals surface area (Å²) in [5.74, 6) is -6.01. The Kier molecular flexibility index (Phi) is 18.1. The molecule has 0 amide bonds. The smallest absolute Gasteiger partial charge is 0.310 e. The highest BCUT2D eigenvalue weighted by molar-refractivity contribution is 5.89. The molecule has 0 spiro atoms. The van der Waals surface area contributed by atoms with E-state index in [1.54, 1.807) is 0 Å². The summed E-state index contributed by atoms with van der Waals surface area (Å²) in [6.07, 6.45) is 5.66. The molecule has 8 nitrogen and oxygen atoms in total. The molecule has 3 atom stereocenters. The van der Waals surface area contributed by atoms with Crippen molar-refractivity contribution in [1.29, 1.82) is 0 Å². The second kappa shape index (κ2) is 19.4. The number of esters is 4. The summed E-state index contributed by atoms with van der Waals surface area (Å²) in [4.78, 5) is 51.1. The highest BCUT2D eigenvalue weighted by Crippen LogP contribution is 2.29. The number of hydrogen-bond donors (Lipinski definition) is 0. The van der Waals surface area contributed by atoms with Crippen LogP contribution in [0.3, 0.4) is 0 Å². The molecule has 0 bridgehead atoms. The van der Waals surface area contributed by atoms with Crippen LogP contribution < -0.4 is 0 Å². The molecule has 8 heteroatoms. The van der Waals surface area contributed by atoms with Gasteiger partial charge in [0.05, 0.1) is 50.6 Å². The van der Waals surface area contributed by atoms with E-state index in [0.29, 0.717) is 25.7 Å². The van der Waals surface area contributed by atoms with Crippen molar-refractivity contribution in [3.63, 3.8) is 0 Å². The van der Waals surface area contributed by atoms with Gasteiger partial charge in [0.1, 0.15) is 0 Å². The van der Waals surface area contributed by atoms with Gasteiger partial charge in [0.15, 0.2) is 0 Å². The Morgan fingerprint density at radius 3 is 1.42 bits per heavy atom. The van der Waals surface area contributed by atoms with Gasteiger partial charge in [-0.2, -0.15) is 0 Å². The van der Waals surface area contributed by atoms with E-state index in [2.05, 4.69) is 0 Å². The molecule has 0 N–H and O–H groups in total. The Balaban J connectivity index is 5.75. The largest absolute Gasteiger partial charge is 0.466 e. The van der Waals surface area contributed by atoms with Gasteiger partial charge < -0.3 is 18.9 Å². The van der Waals surface area contributed by atoms with Crippen molar-refractivity contribution in [2.24, 2.45) is 17.8 Å². The molecule has 0 aliphatic carbocycles. The molecular weight excluding hydrogens is 428 g/mol. The second-order valence-electron chi connectivity index (χ2n) is 8.26. The van der Waals surface area contributed by atoms with Crippen molar-refractivity contribution in [3.05, 3.63) is 0 Å². The molecule has 0 aromatic carbocycles. The van der Waals surface area contributed by atoms with Crippen molar-refractivity contribution in [2.45, 2.75) is 92.4 Å². The van der Waals surface area contributed by atoms with Gasteiger partial charge in [-0.3, -0.25) is 19.2 Å². The summed E-state index contributed by atoms with van der Waals surface area (Å²) < 4.78 is 21.2. The van der Waals surface area contributed by atoms with Gasteiger partial charge in [-0.1, -0.05) is 60.3 Å². The maximum atomic E-state index is 13.0. The van der Waals surface area contributed by atoms with Crippen molar-refractivity contribution in [1.82, 2.24) is 0 Å². The zero-order valence-electron chi connectivity index (χ0n) is 21.2. The predicted molar refractivity (Wildman–Crippen MR) is 124 cm³/mol. The van der Waals surface area contributed by atoms with E-state index < -0.39 is 41.6 Å².